The van der Waals surface area contributed by atoms with Crippen LogP contribution >= 0.6 is 27.5 Å². The lowest BCUT2D eigenvalue weighted by molar-refractivity contribution is -0.420. The first-order valence-corrected chi connectivity index (χ1v) is 7.19. The molecule has 0 bridgehead atoms. The van der Waals surface area contributed by atoms with E-state index in [-0.39, 0.29) is 15.1 Å². The van der Waals surface area contributed by atoms with Gasteiger partial charge in [0.05, 0.1) is 20.5 Å². The van der Waals surface area contributed by atoms with E-state index < -0.39 is 33.6 Å². The average molecular weight is 406 g/mol. The van der Waals surface area contributed by atoms with Crippen LogP contribution in [0.25, 0.3) is 5.76 Å². The molecular formula is C14H11BrClFN2O4. The maximum Gasteiger partial charge on any atom is 0.285 e. The Bertz CT molecular complexity index is 759. The smallest absolute Gasteiger partial charge is 0.285 e. The summed E-state index contributed by atoms with van der Waals surface area (Å²) >= 11 is 8.86. The van der Waals surface area contributed by atoms with Crippen LogP contribution in [0.4, 0.5) is 4.39 Å². The second kappa shape index (κ2) is 7.89. The standard InChI is InChI=1S/C14H11BrClFN2O4/c1-7(20)4-12(19(22)23)13(10(15)6-18)14(21)9-5-8(17)2-3-11(9)16/h2-6,21H,18H2,1H3/b10-6-,12-4+,14-13+. The Morgan fingerprint density at radius 1 is 1.52 bits per heavy atom. The molecule has 0 saturated heterocycles. The topological polar surface area (TPSA) is 106 Å². The Balaban J connectivity index is 3.79. The summed E-state index contributed by atoms with van der Waals surface area (Å²) in [4.78, 5) is 21.6. The van der Waals surface area contributed by atoms with Gasteiger partial charge in [-0.05, 0) is 41.1 Å². The van der Waals surface area contributed by atoms with Crippen molar-refractivity contribution >= 4 is 39.1 Å². The van der Waals surface area contributed by atoms with Crippen LogP contribution in [0.15, 0.2) is 46.2 Å². The second-order valence-corrected chi connectivity index (χ2v) is 5.52. The minimum Gasteiger partial charge on any atom is -0.506 e. The van der Waals surface area contributed by atoms with E-state index >= 15 is 0 Å². The van der Waals surface area contributed by atoms with Crippen molar-refractivity contribution in [2.75, 3.05) is 0 Å². The quantitative estimate of drug-likeness (QED) is 0.255. The van der Waals surface area contributed by atoms with Gasteiger partial charge in [-0.1, -0.05) is 11.6 Å². The zero-order valence-electron chi connectivity index (χ0n) is 11.7. The predicted octanol–water partition coefficient (Wildman–Crippen LogP) is 3.69. The number of halogens is 3. The zero-order chi connectivity index (χ0) is 17.7. The highest BCUT2D eigenvalue weighted by Gasteiger charge is 2.27. The number of hydrogen-bond donors (Lipinski definition) is 2. The maximum absolute atomic E-state index is 13.4. The fourth-order valence-corrected chi connectivity index (χ4v) is 2.26. The monoisotopic (exact) mass is 404 g/mol. The highest BCUT2D eigenvalue weighted by atomic mass is 79.9. The molecule has 0 aliphatic heterocycles. The van der Waals surface area contributed by atoms with E-state index in [1.54, 1.807) is 0 Å². The van der Waals surface area contributed by atoms with E-state index in [0.29, 0.717) is 6.08 Å². The van der Waals surface area contributed by atoms with Crippen LogP contribution < -0.4 is 5.73 Å². The number of nitro groups is 1. The fraction of sp³-hybridized carbons (Fsp3) is 0.0714. The number of carbonyl (C=O) groups is 1. The van der Waals surface area contributed by atoms with E-state index in [1.807, 2.05) is 0 Å². The molecule has 0 aliphatic rings. The molecule has 1 rings (SSSR count). The molecule has 0 heterocycles. The largest absolute Gasteiger partial charge is 0.506 e. The first-order chi connectivity index (χ1) is 10.7. The summed E-state index contributed by atoms with van der Waals surface area (Å²) in [6.07, 6.45) is 1.65. The van der Waals surface area contributed by atoms with Crippen molar-refractivity contribution in [2.24, 2.45) is 5.73 Å². The van der Waals surface area contributed by atoms with Crippen molar-refractivity contribution in [1.82, 2.24) is 0 Å². The molecule has 9 heteroatoms. The number of carbonyl (C=O) groups excluding carboxylic acids is 1. The van der Waals surface area contributed by atoms with E-state index in [9.17, 15) is 24.4 Å². The lowest BCUT2D eigenvalue weighted by atomic mass is 10.0. The Morgan fingerprint density at radius 2 is 2.13 bits per heavy atom. The number of aliphatic hydroxyl groups is 1. The SMILES string of the molecule is CC(=O)\C=C(C(/C(Br)=C/N)=C(/O)c1cc(F)ccc1Cl)\[N+](=O)[O-]. The third kappa shape index (κ3) is 4.64. The van der Waals surface area contributed by atoms with Crippen molar-refractivity contribution in [2.45, 2.75) is 6.92 Å². The molecule has 0 aromatic heterocycles. The number of hydrogen-bond acceptors (Lipinski definition) is 5. The molecule has 1 aromatic rings. The van der Waals surface area contributed by atoms with Crippen LogP contribution in [0.1, 0.15) is 12.5 Å². The van der Waals surface area contributed by atoms with Gasteiger partial charge in [0.2, 0.25) is 0 Å². The Hall–Kier alpha value is -2.19. The normalized spacial score (nSPS) is 13.6. The maximum atomic E-state index is 13.4. The van der Waals surface area contributed by atoms with Gasteiger partial charge in [0, 0.05) is 11.8 Å². The molecule has 0 atom stereocenters. The van der Waals surface area contributed by atoms with Crippen molar-refractivity contribution in [3.8, 4) is 0 Å². The summed E-state index contributed by atoms with van der Waals surface area (Å²) in [6.45, 7) is 1.10. The van der Waals surface area contributed by atoms with Crippen LogP contribution in [0.3, 0.4) is 0 Å². The number of nitrogens with two attached hydrogens (primary N) is 1. The molecule has 0 radical (unpaired) electrons. The van der Waals surface area contributed by atoms with Gasteiger partial charge >= 0.3 is 0 Å². The van der Waals surface area contributed by atoms with Gasteiger partial charge in [-0.25, -0.2) is 4.39 Å². The highest BCUT2D eigenvalue weighted by Crippen LogP contribution is 2.34. The molecule has 1 aromatic carbocycles. The van der Waals surface area contributed by atoms with Gasteiger partial charge in [0.1, 0.15) is 17.1 Å². The molecule has 0 amide bonds. The Labute approximate surface area is 144 Å². The number of ketones is 1. The summed E-state index contributed by atoms with van der Waals surface area (Å²) in [7, 11) is 0. The lowest BCUT2D eigenvalue weighted by Gasteiger charge is -2.10. The molecule has 0 unspecified atom stereocenters. The fourth-order valence-electron chi connectivity index (χ4n) is 1.66. The van der Waals surface area contributed by atoms with E-state index in [0.717, 1.165) is 25.3 Å². The Morgan fingerprint density at radius 3 is 2.61 bits per heavy atom. The van der Waals surface area contributed by atoms with Crippen molar-refractivity contribution in [3.63, 3.8) is 0 Å². The minimum atomic E-state index is -0.870. The summed E-state index contributed by atoms with van der Waals surface area (Å²) in [6, 6.07) is 3.15. The number of aliphatic hydroxyl groups excluding tert-OH is 1. The van der Waals surface area contributed by atoms with E-state index in [2.05, 4.69) is 15.9 Å². The summed E-state index contributed by atoms with van der Waals surface area (Å²) < 4.78 is 13.3. The van der Waals surface area contributed by atoms with Crippen molar-refractivity contribution in [1.29, 1.82) is 0 Å². The number of benzene rings is 1. The minimum absolute atomic E-state index is 0.0377. The molecule has 0 aliphatic carbocycles. The first-order valence-electron chi connectivity index (χ1n) is 6.02. The van der Waals surface area contributed by atoms with Gasteiger partial charge < -0.3 is 10.8 Å². The highest BCUT2D eigenvalue weighted by molar-refractivity contribution is 9.12. The van der Waals surface area contributed by atoms with Crippen LogP contribution in [0.2, 0.25) is 5.02 Å². The third-order valence-corrected chi connectivity index (χ3v) is 3.59. The molecule has 3 N–H and O–H groups in total. The van der Waals surface area contributed by atoms with Crippen molar-refractivity contribution < 1.29 is 19.2 Å². The molecule has 122 valence electrons. The zero-order valence-corrected chi connectivity index (χ0v) is 14.1. The van der Waals surface area contributed by atoms with Crippen LogP contribution in [-0.2, 0) is 4.79 Å². The molecule has 0 saturated carbocycles. The number of allylic oxidation sites excluding steroid dienone is 2. The van der Waals surface area contributed by atoms with Gasteiger partial charge in [-0.2, -0.15) is 0 Å². The summed E-state index contributed by atoms with van der Waals surface area (Å²) in [5.74, 6) is -2.03. The second-order valence-electron chi connectivity index (χ2n) is 4.26. The number of nitrogens with zero attached hydrogens (tertiary/aromatic N) is 1. The molecular weight excluding hydrogens is 395 g/mol. The molecule has 0 fully saturated rings. The molecule has 23 heavy (non-hydrogen) atoms. The molecule has 6 nitrogen and oxygen atoms in total. The summed E-state index contributed by atoms with van der Waals surface area (Å²) in [5.41, 5.74) is 4.02. The molecule has 0 spiro atoms. The van der Waals surface area contributed by atoms with Gasteiger partial charge in [-0.3, -0.25) is 14.9 Å². The van der Waals surface area contributed by atoms with E-state index in [1.165, 1.54) is 6.07 Å². The van der Waals surface area contributed by atoms with Crippen molar-refractivity contribution in [3.05, 3.63) is 72.7 Å². The van der Waals surface area contributed by atoms with E-state index in [4.69, 9.17) is 17.3 Å². The van der Waals surface area contributed by atoms with Crippen LogP contribution in [-0.4, -0.2) is 15.8 Å². The number of rotatable bonds is 5. The van der Waals surface area contributed by atoms with Gasteiger partial charge in [0.15, 0.2) is 5.78 Å². The van der Waals surface area contributed by atoms with Gasteiger partial charge in [-0.15, -0.1) is 0 Å². The van der Waals surface area contributed by atoms with Crippen LogP contribution in [0.5, 0.6) is 0 Å². The summed E-state index contributed by atoms with van der Waals surface area (Å²) in [5, 5.41) is 21.6. The third-order valence-electron chi connectivity index (χ3n) is 2.60. The van der Waals surface area contributed by atoms with Gasteiger partial charge in [0.25, 0.3) is 5.70 Å². The lowest BCUT2D eigenvalue weighted by Crippen LogP contribution is -2.08. The van der Waals surface area contributed by atoms with Crippen LogP contribution in [0, 0.1) is 15.9 Å². The Kier molecular flexibility index (Phi) is 6.47. The first kappa shape index (κ1) is 18.9. The predicted molar refractivity (Wildman–Crippen MR) is 87.9 cm³/mol. The average Bonchev–Trinajstić information content (AvgIpc) is 2.47.